The Morgan fingerprint density at radius 3 is 2.32 bits per heavy atom. The van der Waals surface area contributed by atoms with Crippen molar-refractivity contribution in [1.82, 2.24) is 10.3 Å². The molecule has 1 aromatic heterocycles. The van der Waals surface area contributed by atoms with Gasteiger partial charge in [0.05, 0.1) is 24.6 Å². The number of amides is 1. The molecule has 1 fully saturated rings. The SMILES string of the molecule is CC(C)C[C@H](CC(=O)[C@@H](NC(=O)c1cccc(-c2ccccc2)n1)[C@@H](C)O)B1OC(=O)CC(CC(=O)O)(C(=O)O)O1. The van der Waals surface area contributed by atoms with Crippen LogP contribution in [0.3, 0.4) is 0 Å². The lowest BCUT2D eigenvalue weighted by atomic mass is 9.63. The Kier molecular flexibility index (Phi) is 10.4. The molecular formula is C28H33BN2O10. The Morgan fingerprint density at radius 2 is 1.73 bits per heavy atom. The molecule has 1 aliphatic heterocycles. The van der Waals surface area contributed by atoms with Crippen LogP contribution >= 0.6 is 0 Å². The average Bonchev–Trinajstić information content (AvgIpc) is 2.90. The van der Waals surface area contributed by atoms with E-state index in [0.29, 0.717) is 5.69 Å². The van der Waals surface area contributed by atoms with Gasteiger partial charge in [0, 0.05) is 17.8 Å². The molecule has 13 heteroatoms. The number of carbonyl (C=O) groups excluding carboxylic acids is 3. The summed E-state index contributed by atoms with van der Waals surface area (Å²) in [5.41, 5.74) is -1.02. The number of benzene rings is 1. The molecule has 12 nitrogen and oxygen atoms in total. The van der Waals surface area contributed by atoms with E-state index in [4.69, 9.17) is 9.31 Å². The highest BCUT2D eigenvalue weighted by Gasteiger charge is 2.54. The summed E-state index contributed by atoms with van der Waals surface area (Å²) in [6, 6.07) is 12.6. The van der Waals surface area contributed by atoms with E-state index >= 15 is 0 Å². The monoisotopic (exact) mass is 568 g/mol. The first-order valence-electron chi connectivity index (χ1n) is 13.2. The number of rotatable bonds is 13. The van der Waals surface area contributed by atoms with Crippen LogP contribution in [0, 0.1) is 5.92 Å². The van der Waals surface area contributed by atoms with Crippen molar-refractivity contribution in [3.63, 3.8) is 0 Å². The second-order valence-corrected chi connectivity index (χ2v) is 10.5. The van der Waals surface area contributed by atoms with Crippen molar-refractivity contribution in [2.75, 3.05) is 0 Å². The number of Topliss-reactive ketones (excluding diaryl/α,β-unsaturated/α-hetero) is 1. The maximum Gasteiger partial charge on any atom is 0.531 e. The molecule has 41 heavy (non-hydrogen) atoms. The fourth-order valence-electron chi connectivity index (χ4n) is 4.73. The molecule has 4 atom stereocenters. The number of carboxylic acids is 2. The fourth-order valence-corrected chi connectivity index (χ4v) is 4.73. The van der Waals surface area contributed by atoms with Crippen LogP contribution in [-0.4, -0.2) is 74.8 Å². The molecule has 1 aliphatic rings. The van der Waals surface area contributed by atoms with Crippen LogP contribution in [0.1, 0.15) is 56.9 Å². The molecule has 0 saturated carbocycles. The van der Waals surface area contributed by atoms with Crippen molar-refractivity contribution in [2.24, 2.45) is 5.92 Å². The van der Waals surface area contributed by atoms with Crippen LogP contribution in [0.2, 0.25) is 5.82 Å². The van der Waals surface area contributed by atoms with Gasteiger partial charge in [-0.25, -0.2) is 9.78 Å². The number of aliphatic hydroxyl groups is 1. The third-order valence-corrected chi connectivity index (χ3v) is 6.64. The van der Waals surface area contributed by atoms with Gasteiger partial charge in [-0.3, -0.25) is 19.2 Å². The summed E-state index contributed by atoms with van der Waals surface area (Å²) in [5.74, 6) is -6.39. The summed E-state index contributed by atoms with van der Waals surface area (Å²) in [6.45, 7) is 4.97. The molecule has 0 bridgehead atoms. The van der Waals surface area contributed by atoms with Crippen molar-refractivity contribution in [2.45, 2.75) is 70.0 Å². The number of ketones is 1. The number of nitrogens with zero attached hydrogens (tertiary/aromatic N) is 1. The summed E-state index contributed by atoms with van der Waals surface area (Å²) in [6.07, 6.45) is -3.25. The van der Waals surface area contributed by atoms with Gasteiger partial charge in [-0.1, -0.05) is 50.2 Å². The molecule has 1 aromatic carbocycles. The van der Waals surface area contributed by atoms with Gasteiger partial charge in [0.15, 0.2) is 11.4 Å². The zero-order valence-corrected chi connectivity index (χ0v) is 23.0. The van der Waals surface area contributed by atoms with Crippen LogP contribution in [0.5, 0.6) is 0 Å². The third-order valence-electron chi connectivity index (χ3n) is 6.64. The zero-order chi connectivity index (χ0) is 30.3. The van der Waals surface area contributed by atoms with Crippen molar-refractivity contribution >= 4 is 36.7 Å². The van der Waals surface area contributed by atoms with Gasteiger partial charge in [-0.05, 0) is 31.4 Å². The van der Waals surface area contributed by atoms with E-state index in [1.807, 2.05) is 44.2 Å². The highest BCUT2D eigenvalue weighted by molar-refractivity contribution is 6.50. The number of aromatic nitrogens is 1. The van der Waals surface area contributed by atoms with Crippen molar-refractivity contribution in [3.8, 4) is 11.3 Å². The zero-order valence-electron chi connectivity index (χ0n) is 23.0. The van der Waals surface area contributed by atoms with E-state index in [1.54, 1.807) is 12.1 Å². The number of hydrogen-bond acceptors (Lipinski definition) is 9. The molecule has 0 spiro atoms. The fraction of sp³-hybridized carbons (Fsp3) is 0.429. The second kappa shape index (κ2) is 13.5. The second-order valence-electron chi connectivity index (χ2n) is 10.5. The maximum atomic E-state index is 13.4. The van der Waals surface area contributed by atoms with Gasteiger partial charge in [-0.2, -0.15) is 0 Å². The average molecular weight is 568 g/mol. The predicted molar refractivity (Wildman–Crippen MR) is 146 cm³/mol. The smallest absolute Gasteiger partial charge is 0.509 e. The number of carbonyl (C=O) groups is 5. The van der Waals surface area contributed by atoms with Crippen LogP contribution in [0.4, 0.5) is 0 Å². The standard InChI is InChI=1S/C28H33BN2O10/c1-16(2)12-19(29-40-24(36)15-28(41-29,27(38)39)14-23(34)35)13-22(33)25(17(3)32)31-26(37)21-11-7-10-20(30-21)18-8-5-4-6-9-18/h4-11,16-17,19,25,32H,12-15H2,1-3H3,(H,31,37)(H,34,35)(H,38,39)/t17-,19-,25+,28?/m1/s1. The Morgan fingerprint density at radius 1 is 1.05 bits per heavy atom. The minimum absolute atomic E-state index is 0.0213. The third kappa shape index (κ3) is 8.21. The summed E-state index contributed by atoms with van der Waals surface area (Å²) in [4.78, 5) is 66.6. The molecule has 0 radical (unpaired) electrons. The minimum Gasteiger partial charge on any atom is -0.509 e. The summed E-state index contributed by atoms with van der Waals surface area (Å²) in [7, 11) is -1.53. The van der Waals surface area contributed by atoms with Crippen LogP contribution in [0.25, 0.3) is 11.3 Å². The molecule has 1 unspecified atom stereocenters. The van der Waals surface area contributed by atoms with Crippen LogP contribution < -0.4 is 5.32 Å². The maximum absolute atomic E-state index is 13.4. The molecule has 1 saturated heterocycles. The van der Waals surface area contributed by atoms with Gasteiger partial charge < -0.3 is 29.9 Å². The van der Waals surface area contributed by atoms with Gasteiger partial charge >= 0.3 is 19.1 Å². The molecular weight excluding hydrogens is 535 g/mol. The molecule has 218 valence electrons. The van der Waals surface area contributed by atoms with Gasteiger partial charge in [0.1, 0.15) is 11.7 Å². The molecule has 3 rings (SSSR count). The van der Waals surface area contributed by atoms with Crippen molar-refractivity contribution in [3.05, 3.63) is 54.2 Å². The number of carboxylic acid groups (broad SMARTS) is 2. The molecule has 0 aliphatic carbocycles. The van der Waals surface area contributed by atoms with E-state index in [9.17, 15) is 39.3 Å². The van der Waals surface area contributed by atoms with E-state index in [1.165, 1.54) is 13.0 Å². The first-order valence-corrected chi connectivity index (χ1v) is 13.2. The lowest BCUT2D eigenvalue weighted by molar-refractivity contribution is -0.175. The first kappa shape index (κ1) is 31.4. The number of hydrogen-bond donors (Lipinski definition) is 4. The predicted octanol–water partition coefficient (Wildman–Crippen LogP) is 2.35. The number of pyridine rings is 1. The molecule has 1 amide bonds. The number of nitrogens with one attached hydrogen (secondary N) is 1. The number of aliphatic hydroxyl groups excluding tert-OH is 1. The highest BCUT2D eigenvalue weighted by atomic mass is 16.6. The Balaban J connectivity index is 1.81. The van der Waals surface area contributed by atoms with Gasteiger partial charge in [-0.15, -0.1) is 0 Å². The summed E-state index contributed by atoms with van der Waals surface area (Å²) < 4.78 is 10.8. The Hall–Kier alpha value is -4.10. The van der Waals surface area contributed by atoms with Crippen LogP contribution in [0.15, 0.2) is 48.5 Å². The lowest BCUT2D eigenvalue weighted by Crippen LogP contribution is -2.56. The lowest BCUT2D eigenvalue weighted by Gasteiger charge is -2.37. The Bertz CT molecular complexity index is 1280. The van der Waals surface area contributed by atoms with E-state index in [-0.39, 0.29) is 24.5 Å². The summed E-state index contributed by atoms with van der Waals surface area (Å²) in [5, 5.41) is 31.9. The van der Waals surface area contributed by atoms with Crippen LogP contribution in [-0.2, 0) is 28.5 Å². The van der Waals surface area contributed by atoms with Crippen molar-refractivity contribution < 1.29 is 48.6 Å². The minimum atomic E-state index is -2.36. The van der Waals surface area contributed by atoms with E-state index < -0.39 is 73.1 Å². The van der Waals surface area contributed by atoms with Gasteiger partial charge in [0.2, 0.25) is 0 Å². The van der Waals surface area contributed by atoms with E-state index in [0.717, 1.165) is 5.56 Å². The normalized spacial score (nSPS) is 19.1. The van der Waals surface area contributed by atoms with Gasteiger partial charge in [0.25, 0.3) is 11.9 Å². The summed E-state index contributed by atoms with van der Waals surface area (Å²) >= 11 is 0. The highest BCUT2D eigenvalue weighted by Crippen LogP contribution is 2.36. The molecule has 2 heterocycles. The molecule has 2 aromatic rings. The largest absolute Gasteiger partial charge is 0.531 e. The first-order chi connectivity index (χ1) is 19.3. The number of aliphatic carboxylic acids is 2. The van der Waals surface area contributed by atoms with Crippen molar-refractivity contribution in [1.29, 1.82) is 0 Å². The topological polar surface area (TPSA) is 189 Å². The quantitative estimate of drug-likeness (QED) is 0.260. The Labute approximate surface area is 237 Å². The molecule has 4 N–H and O–H groups in total. The van der Waals surface area contributed by atoms with E-state index in [2.05, 4.69) is 10.3 Å².